The highest BCUT2D eigenvalue weighted by Gasteiger charge is 2.19. The Kier molecular flexibility index (Phi) is 6.21. The lowest BCUT2D eigenvalue weighted by atomic mass is 9.95. The molecule has 26 heavy (non-hydrogen) atoms. The van der Waals surface area contributed by atoms with Gasteiger partial charge in [-0.2, -0.15) is 0 Å². The van der Waals surface area contributed by atoms with Gasteiger partial charge < -0.3 is 10.6 Å². The molecule has 1 aliphatic carbocycles. The number of aromatic nitrogens is 2. The Labute approximate surface area is 155 Å². The van der Waals surface area contributed by atoms with Gasteiger partial charge in [0.1, 0.15) is 11.5 Å². The third-order valence-corrected chi connectivity index (χ3v) is 4.94. The second-order valence-electron chi connectivity index (χ2n) is 7.09. The van der Waals surface area contributed by atoms with Crippen molar-refractivity contribution in [1.29, 1.82) is 0 Å². The highest BCUT2D eigenvalue weighted by molar-refractivity contribution is 5.93. The SMILES string of the molecule is CCC(C)Nc1cc(C(=O)NC2CCCCC2)nc(-c2ccccc2)n1. The highest BCUT2D eigenvalue weighted by atomic mass is 16.1. The maximum absolute atomic E-state index is 12.8. The van der Waals surface area contributed by atoms with Crippen LogP contribution in [0.25, 0.3) is 11.4 Å². The summed E-state index contributed by atoms with van der Waals surface area (Å²) in [7, 11) is 0. The summed E-state index contributed by atoms with van der Waals surface area (Å²) < 4.78 is 0. The van der Waals surface area contributed by atoms with Gasteiger partial charge in [-0.1, -0.05) is 56.5 Å². The summed E-state index contributed by atoms with van der Waals surface area (Å²) in [5, 5.41) is 6.52. The molecule has 1 amide bonds. The number of anilines is 1. The molecule has 5 heteroatoms. The van der Waals surface area contributed by atoms with E-state index in [2.05, 4.69) is 34.4 Å². The molecule has 3 rings (SSSR count). The monoisotopic (exact) mass is 352 g/mol. The van der Waals surface area contributed by atoms with E-state index in [-0.39, 0.29) is 18.0 Å². The van der Waals surface area contributed by atoms with Crippen LogP contribution in [0.4, 0.5) is 5.82 Å². The Balaban J connectivity index is 1.87. The van der Waals surface area contributed by atoms with Gasteiger partial charge in [-0.25, -0.2) is 9.97 Å². The molecule has 0 bridgehead atoms. The van der Waals surface area contributed by atoms with E-state index < -0.39 is 0 Å². The van der Waals surface area contributed by atoms with E-state index >= 15 is 0 Å². The molecule has 5 nitrogen and oxygen atoms in total. The van der Waals surface area contributed by atoms with Crippen molar-refractivity contribution < 1.29 is 4.79 Å². The summed E-state index contributed by atoms with van der Waals surface area (Å²) in [5.41, 5.74) is 1.34. The van der Waals surface area contributed by atoms with Gasteiger partial charge in [-0.05, 0) is 26.2 Å². The molecule has 1 fully saturated rings. The van der Waals surface area contributed by atoms with Crippen molar-refractivity contribution in [1.82, 2.24) is 15.3 Å². The molecule has 2 N–H and O–H groups in total. The minimum absolute atomic E-state index is 0.108. The first-order valence-corrected chi connectivity index (χ1v) is 9.67. The zero-order chi connectivity index (χ0) is 18.4. The van der Waals surface area contributed by atoms with Crippen molar-refractivity contribution in [3.05, 3.63) is 42.1 Å². The Morgan fingerprint density at radius 2 is 1.88 bits per heavy atom. The van der Waals surface area contributed by atoms with Crippen LogP contribution in [0.15, 0.2) is 36.4 Å². The summed E-state index contributed by atoms with van der Waals surface area (Å²) in [6.07, 6.45) is 6.73. The molecule has 138 valence electrons. The topological polar surface area (TPSA) is 66.9 Å². The molecule has 0 aliphatic heterocycles. The fourth-order valence-corrected chi connectivity index (χ4v) is 3.21. The van der Waals surface area contributed by atoms with E-state index in [9.17, 15) is 4.79 Å². The third-order valence-electron chi connectivity index (χ3n) is 4.94. The molecular weight excluding hydrogens is 324 g/mol. The van der Waals surface area contributed by atoms with Crippen LogP contribution in [0.1, 0.15) is 62.9 Å². The van der Waals surface area contributed by atoms with Gasteiger partial charge >= 0.3 is 0 Å². The minimum atomic E-state index is -0.108. The van der Waals surface area contributed by atoms with Crippen molar-refractivity contribution >= 4 is 11.7 Å². The molecule has 0 spiro atoms. The summed E-state index contributed by atoms with van der Waals surface area (Å²) in [6.45, 7) is 4.22. The first-order chi connectivity index (χ1) is 12.7. The lowest BCUT2D eigenvalue weighted by molar-refractivity contribution is 0.0922. The van der Waals surface area contributed by atoms with E-state index in [1.807, 2.05) is 30.3 Å². The predicted molar refractivity (Wildman–Crippen MR) is 105 cm³/mol. The van der Waals surface area contributed by atoms with E-state index in [1.165, 1.54) is 19.3 Å². The van der Waals surface area contributed by atoms with Gasteiger partial charge in [-0.3, -0.25) is 4.79 Å². The van der Waals surface area contributed by atoms with Crippen molar-refractivity contribution in [2.45, 2.75) is 64.5 Å². The van der Waals surface area contributed by atoms with Crippen molar-refractivity contribution in [3.63, 3.8) is 0 Å². The molecule has 1 aromatic heterocycles. The van der Waals surface area contributed by atoms with E-state index in [4.69, 9.17) is 0 Å². The number of amides is 1. The summed E-state index contributed by atoms with van der Waals surface area (Å²) in [6, 6.07) is 12.1. The van der Waals surface area contributed by atoms with Crippen LogP contribution in [0.2, 0.25) is 0 Å². The molecule has 1 atom stereocenters. The molecule has 1 heterocycles. The van der Waals surface area contributed by atoms with Gasteiger partial charge in [0.25, 0.3) is 5.91 Å². The van der Waals surface area contributed by atoms with Crippen LogP contribution in [0, 0.1) is 0 Å². The molecule has 1 unspecified atom stereocenters. The number of nitrogens with zero attached hydrogens (tertiary/aromatic N) is 2. The maximum atomic E-state index is 12.8. The second-order valence-corrected chi connectivity index (χ2v) is 7.09. The van der Waals surface area contributed by atoms with Gasteiger partial charge in [0.2, 0.25) is 0 Å². The molecular formula is C21H28N4O. The van der Waals surface area contributed by atoms with Gasteiger partial charge in [0, 0.05) is 23.7 Å². The Morgan fingerprint density at radius 3 is 2.58 bits per heavy atom. The lowest BCUT2D eigenvalue weighted by Gasteiger charge is -2.22. The lowest BCUT2D eigenvalue weighted by Crippen LogP contribution is -2.36. The molecule has 1 aromatic carbocycles. The number of hydrogen-bond donors (Lipinski definition) is 2. The van der Waals surface area contributed by atoms with E-state index in [1.54, 1.807) is 6.07 Å². The number of rotatable bonds is 6. The van der Waals surface area contributed by atoms with Gasteiger partial charge in [-0.15, -0.1) is 0 Å². The van der Waals surface area contributed by atoms with Crippen LogP contribution >= 0.6 is 0 Å². The molecule has 1 aliphatic rings. The molecule has 2 aromatic rings. The van der Waals surface area contributed by atoms with Crippen molar-refractivity contribution in [3.8, 4) is 11.4 Å². The maximum Gasteiger partial charge on any atom is 0.270 e. The first kappa shape index (κ1) is 18.4. The number of carbonyl (C=O) groups is 1. The standard InChI is InChI=1S/C21H28N4O/c1-3-15(2)22-19-14-18(21(26)23-17-12-8-5-9-13-17)24-20(25-19)16-10-6-4-7-11-16/h4,6-7,10-11,14-15,17H,3,5,8-9,12-13H2,1-2H3,(H,23,26)(H,22,24,25). The Morgan fingerprint density at radius 1 is 1.15 bits per heavy atom. The second kappa shape index (κ2) is 8.79. The molecule has 0 saturated heterocycles. The number of carbonyl (C=O) groups excluding carboxylic acids is 1. The Bertz CT molecular complexity index is 726. The largest absolute Gasteiger partial charge is 0.367 e. The average Bonchev–Trinajstić information content (AvgIpc) is 2.69. The summed E-state index contributed by atoms with van der Waals surface area (Å²) in [5.74, 6) is 1.17. The number of hydrogen-bond acceptors (Lipinski definition) is 4. The van der Waals surface area contributed by atoms with Crippen LogP contribution in [-0.4, -0.2) is 28.0 Å². The van der Waals surface area contributed by atoms with Gasteiger partial charge in [0.05, 0.1) is 0 Å². The van der Waals surface area contributed by atoms with E-state index in [0.717, 1.165) is 24.8 Å². The van der Waals surface area contributed by atoms with Crippen LogP contribution in [-0.2, 0) is 0 Å². The zero-order valence-electron chi connectivity index (χ0n) is 15.7. The smallest absolute Gasteiger partial charge is 0.270 e. The summed E-state index contributed by atoms with van der Waals surface area (Å²) in [4.78, 5) is 21.9. The number of benzene rings is 1. The van der Waals surface area contributed by atoms with E-state index in [0.29, 0.717) is 17.3 Å². The fraction of sp³-hybridized carbons (Fsp3) is 0.476. The fourth-order valence-electron chi connectivity index (χ4n) is 3.21. The number of nitrogens with one attached hydrogen (secondary N) is 2. The quantitative estimate of drug-likeness (QED) is 0.808. The zero-order valence-corrected chi connectivity index (χ0v) is 15.7. The van der Waals surface area contributed by atoms with Crippen LogP contribution < -0.4 is 10.6 Å². The highest BCUT2D eigenvalue weighted by Crippen LogP contribution is 2.20. The molecule has 0 radical (unpaired) electrons. The van der Waals surface area contributed by atoms with Crippen molar-refractivity contribution in [2.75, 3.05) is 5.32 Å². The molecule has 1 saturated carbocycles. The minimum Gasteiger partial charge on any atom is -0.367 e. The van der Waals surface area contributed by atoms with Crippen LogP contribution in [0.3, 0.4) is 0 Å². The van der Waals surface area contributed by atoms with Crippen LogP contribution in [0.5, 0.6) is 0 Å². The van der Waals surface area contributed by atoms with Gasteiger partial charge in [0.15, 0.2) is 5.82 Å². The van der Waals surface area contributed by atoms with Crippen molar-refractivity contribution in [2.24, 2.45) is 0 Å². The normalized spacial score (nSPS) is 16.1. The third kappa shape index (κ3) is 4.81. The Hall–Kier alpha value is -2.43. The summed E-state index contributed by atoms with van der Waals surface area (Å²) >= 11 is 0. The first-order valence-electron chi connectivity index (χ1n) is 9.67. The predicted octanol–water partition coefficient (Wildman–Crippen LogP) is 4.42. The average molecular weight is 352 g/mol.